The number of primary sulfonamides is 1. The number of anilines is 1. The number of nitrogens with one attached hydrogen (secondary N) is 1. The Labute approximate surface area is 126 Å². The molecule has 5 nitrogen and oxygen atoms in total. The maximum absolute atomic E-state index is 11.3. The Hall–Kier alpha value is -1.58. The maximum Gasteiger partial charge on any atom is 0.238 e. The van der Waals surface area contributed by atoms with Crippen molar-refractivity contribution in [2.24, 2.45) is 11.1 Å². The second-order valence-corrected chi connectivity index (χ2v) is 7.20. The van der Waals surface area contributed by atoms with E-state index in [1.807, 2.05) is 6.07 Å². The van der Waals surface area contributed by atoms with E-state index in [1.165, 1.54) is 31.4 Å². The number of nitrogens with two attached hydrogens (primary N) is 1. The van der Waals surface area contributed by atoms with E-state index >= 15 is 0 Å². The average Bonchev–Trinajstić information content (AvgIpc) is 2.47. The molecule has 0 amide bonds. The molecular weight excluding hydrogens is 286 g/mol. The predicted molar refractivity (Wildman–Crippen MR) is 82.2 cm³/mol. The number of hydrogen-bond acceptors (Lipinski definition) is 4. The fraction of sp³-hybridized carbons (Fsp3) is 0.533. The lowest BCUT2D eigenvalue weighted by molar-refractivity contribution is 0.330. The molecule has 2 rings (SSSR count). The lowest BCUT2D eigenvalue weighted by Gasteiger charge is -2.29. The summed E-state index contributed by atoms with van der Waals surface area (Å²) >= 11 is 0. The normalized spacial score (nSPS) is 22.5. The Bertz CT molecular complexity index is 641. The monoisotopic (exact) mass is 307 g/mol. The molecule has 0 saturated heterocycles. The summed E-state index contributed by atoms with van der Waals surface area (Å²) in [5.41, 5.74) is 1.00. The topological polar surface area (TPSA) is 96.0 Å². The van der Waals surface area contributed by atoms with Crippen molar-refractivity contribution in [3.05, 3.63) is 23.8 Å². The molecule has 0 unspecified atom stereocenters. The number of nitrogens with zero attached hydrogens (tertiary/aromatic N) is 1. The van der Waals surface area contributed by atoms with Gasteiger partial charge in [-0.1, -0.05) is 13.3 Å². The summed E-state index contributed by atoms with van der Waals surface area (Å²) < 4.78 is 22.6. The van der Waals surface area contributed by atoms with Gasteiger partial charge < -0.3 is 5.32 Å². The number of benzene rings is 1. The van der Waals surface area contributed by atoms with Crippen LogP contribution in [0.3, 0.4) is 0 Å². The third-order valence-corrected chi connectivity index (χ3v) is 5.13. The van der Waals surface area contributed by atoms with Crippen molar-refractivity contribution < 1.29 is 8.42 Å². The largest absolute Gasteiger partial charge is 0.381 e. The number of hydrogen-bond donors (Lipinski definition) is 2. The van der Waals surface area contributed by atoms with Gasteiger partial charge >= 0.3 is 0 Å². The number of sulfonamides is 1. The molecule has 1 fully saturated rings. The minimum atomic E-state index is -3.77. The highest BCUT2D eigenvalue weighted by Gasteiger charge is 2.21. The molecule has 0 radical (unpaired) electrons. The lowest BCUT2D eigenvalue weighted by atomic mass is 9.84. The van der Waals surface area contributed by atoms with Crippen molar-refractivity contribution in [2.75, 3.05) is 5.32 Å². The molecule has 0 atom stereocenters. The van der Waals surface area contributed by atoms with E-state index in [9.17, 15) is 13.7 Å². The maximum atomic E-state index is 11.3. The van der Waals surface area contributed by atoms with Gasteiger partial charge in [0.25, 0.3) is 0 Å². The fourth-order valence-corrected chi connectivity index (χ4v) is 3.39. The van der Waals surface area contributed by atoms with Gasteiger partial charge in [-0.3, -0.25) is 0 Å². The van der Waals surface area contributed by atoms with E-state index in [1.54, 1.807) is 6.07 Å². The molecule has 1 aliphatic rings. The first-order valence-corrected chi connectivity index (χ1v) is 8.82. The Kier molecular flexibility index (Phi) is 4.86. The minimum Gasteiger partial charge on any atom is -0.381 e. The summed E-state index contributed by atoms with van der Waals surface area (Å²) in [4.78, 5) is -0.0284. The van der Waals surface area contributed by atoms with Gasteiger partial charge in [-0.25, -0.2) is 13.6 Å². The van der Waals surface area contributed by atoms with Crippen LogP contribution in [0.15, 0.2) is 23.1 Å². The van der Waals surface area contributed by atoms with Crippen molar-refractivity contribution in [3.63, 3.8) is 0 Å². The zero-order chi connectivity index (χ0) is 15.5. The highest BCUT2D eigenvalue weighted by Crippen LogP contribution is 2.29. The number of nitriles is 1. The molecule has 0 bridgehead atoms. The standard InChI is InChI=1S/C15H21N3O2S/c1-2-11-3-5-13(6-4-11)18-15-8-7-14(21(17,19)20)9-12(15)10-16/h7-9,11,13,18H,2-6H2,1H3,(H2,17,19,20). The van der Waals surface area contributed by atoms with Crippen molar-refractivity contribution in [1.29, 1.82) is 5.26 Å². The zero-order valence-electron chi connectivity index (χ0n) is 12.2. The van der Waals surface area contributed by atoms with Gasteiger partial charge in [-0.05, 0) is 49.8 Å². The average molecular weight is 307 g/mol. The molecule has 0 spiro atoms. The Balaban J connectivity index is 2.13. The quantitative estimate of drug-likeness (QED) is 0.893. The van der Waals surface area contributed by atoms with Crippen molar-refractivity contribution in [1.82, 2.24) is 0 Å². The molecule has 1 aromatic rings. The van der Waals surface area contributed by atoms with Crippen LogP contribution in [0.4, 0.5) is 5.69 Å². The van der Waals surface area contributed by atoms with Crippen LogP contribution < -0.4 is 10.5 Å². The van der Waals surface area contributed by atoms with Crippen LogP contribution in [0.2, 0.25) is 0 Å². The van der Waals surface area contributed by atoms with Gasteiger partial charge in [0.1, 0.15) is 6.07 Å². The lowest BCUT2D eigenvalue weighted by Crippen LogP contribution is -2.26. The van der Waals surface area contributed by atoms with Gasteiger partial charge in [0.15, 0.2) is 0 Å². The highest BCUT2D eigenvalue weighted by molar-refractivity contribution is 7.89. The van der Waals surface area contributed by atoms with Crippen LogP contribution in [-0.4, -0.2) is 14.5 Å². The summed E-state index contributed by atoms with van der Waals surface area (Å²) in [6.45, 7) is 2.22. The van der Waals surface area contributed by atoms with Crippen LogP contribution in [0.5, 0.6) is 0 Å². The summed E-state index contributed by atoms with van der Waals surface area (Å²) in [5, 5.41) is 17.6. The van der Waals surface area contributed by atoms with Gasteiger partial charge in [0.2, 0.25) is 10.0 Å². The van der Waals surface area contributed by atoms with E-state index < -0.39 is 10.0 Å². The summed E-state index contributed by atoms with van der Waals surface area (Å²) in [6.07, 6.45) is 5.79. The van der Waals surface area contributed by atoms with Gasteiger partial charge in [0, 0.05) is 6.04 Å². The fourth-order valence-electron chi connectivity index (χ4n) is 2.85. The first-order chi connectivity index (χ1) is 9.94. The SMILES string of the molecule is CCC1CCC(Nc2ccc(S(N)(=O)=O)cc2C#N)CC1. The van der Waals surface area contributed by atoms with Crippen LogP contribution in [0.1, 0.15) is 44.6 Å². The van der Waals surface area contributed by atoms with Crippen LogP contribution >= 0.6 is 0 Å². The van der Waals surface area contributed by atoms with E-state index in [0.717, 1.165) is 18.8 Å². The molecule has 6 heteroatoms. The highest BCUT2D eigenvalue weighted by atomic mass is 32.2. The van der Waals surface area contributed by atoms with Crippen LogP contribution in [0.25, 0.3) is 0 Å². The third-order valence-electron chi connectivity index (χ3n) is 4.22. The Morgan fingerprint density at radius 3 is 2.52 bits per heavy atom. The molecule has 1 saturated carbocycles. The molecule has 1 aliphatic carbocycles. The van der Waals surface area contributed by atoms with E-state index in [-0.39, 0.29) is 4.90 Å². The van der Waals surface area contributed by atoms with E-state index in [4.69, 9.17) is 5.14 Å². The third kappa shape index (κ3) is 3.96. The van der Waals surface area contributed by atoms with E-state index in [0.29, 0.717) is 17.3 Å². The van der Waals surface area contributed by atoms with Crippen molar-refractivity contribution >= 4 is 15.7 Å². The smallest absolute Gasteiger partial charge is 0.238 e. The summed E-state index contributed by atoms with van der Waals surface area (Å²) in [6, 6.07) is 6.78. The van der Waals surface area contributed by atoms with Crippen molar-refractivity contribution in [3.8, 4) is 6.07 Å². The Morgan fingerprint density at radius 2 is 2.00 bits per heavy atom. The summed E-state index contributed by atoms with van der Waals surface area (Å²) in [7, 11) is -3.77. The zero-order valence-corrected chi connectivity index (χ0v) is 13.0. The van der Waals surface area contributed by atoms with Crippen LogP contribution in [0, 0.1) is 17.2 Å². The molecule has 0 heterocycles. The molecule has 3 N–H and O–H groups in total. The molecule has 1 aromatic carbocycles. The van der Waals surface area contributed by atoms with Gasteiger partial charge in [-0.15, -0.1) is 0 Å². The minimum absolute atomic E-state index is 0.0284. The van der Waals surface area contributed by atoms with Gasteiger partial charge in [0.05, 0.1) is 16.1 Å². The van der Waals surface area contributed by atoms with Gasteiger partial charge in [-0.2, -0.15) is 5.26 Å². The summed E-state index contributed by atoms with van der Waals surface area (Å²) in [5.74, 6) is 0.809. The second-order valence-electron chi connectivity index (χ2n) is 5.63. The van der Waals surface area contributed by atoms with E-state index in [2.05, 4.69) is 12.2 Å². The van der Waals surface area contributed by atoms with Crippen molar-refractivity contribution in [2.45, 2.75) is 50.0 Å². The molecular formula is C15H21N3O2S. The Morgan fingerprint density at radius 1 is 1.33 bits per heavy atom. The molecule has 0 aliphatic heterocycles. The molecule has 21 heavy (non-hydrogen) atoms. The second kappa shape index (κ2) is 6.46. The van der Waals surface area contributed by atoms with Crippen LogP contribution in [-0.2, 0) is 10.0 Å². The first kappa shape index (κ1) is 15.8. The first-order valence-electron chi connectivity index (χ1n) is 7.27. The molecule has 0 aromatic heterocycles. The molecule has 114 valence electrons. The number of rotatable bonds is 4. The predicted octanol–water partition coefficient (Wildman–Crippen LogP) is 2.59.